The van der Waals surface area contributed by atoms with Crippen molar-refractivity contribution >= 4 is 6.08 Å². The molecule has 1 aromatic carbocycles. The number of hydrogen-bond acceptors (Lipinski definition) is 0. The van der Waals surface area contributed by atoms with E-state index >= 15 is 0 Å². The fourth-order valence-corrected chi connectivity index (χ4v) is 1.37. The first-order valence-corrected chi connectivity index (χ1v) is 3.53. The van der Waals surface area contributed by atoms with E-state index in [1.165, 1.54) is 16.7 Å². The molecule has 0 aromatic heterocycles. The normalized spacial score (nSPS) is 14.7. The summed E-state index contributed by atoms with van der Waals surface area (Å²) in [7, 11) is 0. The monoisotopic (exact) mass is 129 g/mol. The third kappa shape index (κ3) is 0.766. The highest BCUT2D eigenvalue weighted by Crippen LogP contribution is 2.22. The van der Waals surface area contributed by atoms with Crippen molar-refractivity contribution in [3.05, 3.63) is 41.0 Å². The zero-order valence-corrected chi connectivity index (χ0v) is 6.02. The van der Waals surface area contributed by atoms with Gasteiger partial charge in [0.1, 0.15) is 0 Å². The van der Waals surface area contributed by atoms with E-state index < -0.39 is 0 Å². The van der Waals surface area contributed by atoms with Crippen molar-refractivity contribution in [1.29, 1.82) is 0 Å². The lowest BCUT2D eigenvalue weighted by Gasteiger charge is -1.93. The molecule has 0 heterocycles. The van der Waals surface area contributed by atoms with Crippen molar-refractivity contribution in [1.82, 2.24) is 0 Å². The molecule has 1 aliphatic rings. The van der Waals surface area contributed by atoms with Crippen LogP contribution >= 0.6 is 0 Å². The van der Waals surface area contributed by atoms with Crippen LogP contribution in [-0.2, 0) is 6.42 Å². The van der Waals surface area contributed by atoms with E-state index in [0.717, 1.165) is 6.42 Å². The predicted octanol–water partition coefficient (Wildman–Crippen LogP) is 2.45. The Morgan fingerprint density at radius 1 is 1.50 bits per heavy atom. The van der Waals surface area contributed by atoms with Gasteiger partial charge in [0.05, 0.1) is 0 Å². The van der Waals surface area contributed by atoms with Crippen LogP contribution in [0.3, 0.4) is 0 Å². The van der Waals surface area contributed by atoms with E-state index in [2.05, 4.69) is 25.1 Å². The Morgan fingerprint density at radius 2 is 2.40 bits per heavy atom. The molecular weight excluding hydrogens is 120 g/mol. The fourth-order valence-electron chi connectivity index (χ4n) is 1.37. The summed E-state index contributed by atoms with van der Waals surface area (Å²) in [4.78, 5) is 0. The molecule has 1 aromatic rings. The largest absolute Gasteiger partial charge is 0.0683 e. The molecule has 0 amide bonds. The van der Waals surface area contributed by atoms with Gasteiger partial charge in [0.2, 0.25) is 0 Å². The molecule has 2 rings (SSSR count). The van der Waals surface area contributed by atoms with Gasteiger partial charge in [-0.2, -0.15) is 0 Å². The summed E-state index contributed by atoms with van der Waals surface area (Å²) in [5, 5.41) is 0. The van der Waals surface area contributed by atoms with Crippen LogP contribution in [0, 0.1) is 6.07 Å². The second-order valence-corrected chi connectivity index (χ2v) is 2.78. The highest BCUT2D eigenvalue weighted by molar-refractivity contribution is 5.62. The number of hydrogen-bond donors (Lipinski definition) is 0. The molecule has 10 heavy (non-hydrogen) atoms. The Morgan fingerprint density at radius 3 is 3.20 bits per heavy atom. The quantitative estimate of drug-likeness (QED) is 0.504. The maximum Gasteiger partial charge on any atom is -0.00604 e. The summed E-state index contributed by atoms with van der Waals surface area (Å²) in [6.07, 6.45) is 3.32. The van der Waals surface area contributed by atoms with Crippen molar-refractivity contribution in [2.24, 2.45) is 0 Å². The van der Waals surface area contributed by atoms with Gasteiger partial charge >= 0.3 is 0 Å². The zero-order valence-electron chi connectivity index (χ0n) is 6.02. The van der Waals surface area contributed by atoms with Gasteiger partial charge in [-0.15, -0.1) is 0 Å². The molecule has 0 nitrogen and oxygen atoms in total. The lowest BCUT2D eigenvalue weighted by atomic mass is 10.1. The highest BCUT2D eigenvalue weighted by Gasteiger charge is 2.06. The molecule has 0 heteroatoms. The first kappa shape index (κ1) is 5.72. The first-order chi connectivity index (χ1) is 4.86. The molecule has 0 aliphatic heterocycles. The molecule has 1 aliphatic carbocycles. The SMILES string of the molecule is CC1=Cc2[c]cccc2C1. The van der Waals surface area contributed by atoms with Gasteiger partial charge in [-0.1, -0.05) is 29.8 Å². The summed E-state index contributed by atoms with van der Waals surface area (Å²) >= 11 is 0. The molecular formula is C10H9. The summed E-state index contributed by atoms with van der Waals surface area (Å²) in [6.45, 7) is 2.16. The van der Waals surface area contributed by atoms with Crippen molar-refractivity contribution < 1.29 is 0 Å². The summed E-state index contributed by atoms with van der Waals surface area (Å²) < 4.78 is 0. The Kier molecular flexibility index (Phi) is 1.13. The van der Waals surface area contributed by atoms with E-state index in [1.807, 2.05) is 12.1 Å². The average molecular weight is 129 g/mol. The molecule has 0 atom stereocenters. The van der Waals surface area contributed by atoms with Gasteiger partial charge < -0.3 is 0 Å². The first-order valence-electron chi connectivity index (χ1n) is 3.53. The molecule has 0 saturated carbocycles. The minimum atomic E-state index is 1.12. The third-order valence-electron chi connectivity index (χ3n) is 1.84. The fraction of sp³-hybridized carbons (Fsp3) is 0.200. The second-order valence-electron chi connectivity index (χ2n) is 2.78. The van der Waals surface area contributed by atoms with Crippen LogP contribution < -0.4 is 0 Å². The van der Waals surface area contributed by atoms with Crippen LogP contribution in [-0.4, -0.2) is 0 Å². The minimum absolute atomic E-state index is 1.12. The number of fused-ring (bicyclic) bond motifs is 1. The maximum absolute atomic E-state index is 3.20. The minimum Gasteiger partial charge on any atom is -0.0683 e. The van der Waals surface area contributed by atoms with Crippen LogP contribution in [0.25, 0.3) is 6.08 Å². The number of benzene rings is 1. The van der Waals surface area contributed by atoms with Crippen molar-refractivity contribution in [2.45, 2.75) is 13.3 Å². The van der Waals surface area contributed by atoms with E-state index in [4.69, 9.17) is 0 Å². The van der Waals surface area contributed by atoms with Crippen molar-refractivity contribution in [3.63, 3.8) is 0 Å². The Balaban J connectivity index is 2.54. The smallest absolute Gasteiger partial charge is 0.00604 e. The maximum atomic E-state index is 3.20. The van der Waals surface area contributed by atoms with E-state index in [9.17, 15) is 0 Å². The molecule has 0 bridgehead atoms. The standard InChI is InChI=1S/C10H9/c1-8-6-9-4-2-3-5-10(9)7-8/h2-4,7H,6H2,1H3. The Bertz CT molecular complexity index is 282. The van der Waals surface area contributed by atoms with Crippen LogP contribution in [0.4, 0.5) is 0 Å². The van der Waals surface area contributed by atoms with E-state index in [0.29, 0.717) is 0 Å². The van der Waals surface area contributed by atoms with Crippen LogP contribution in [0.1, 0.15) is 18.1 Å². The summed E-state index contributed by atoms with van der Waals surface area (Å²) in [5.41, 5.74) is 4.14. The Labute approximate surface area is 61.2 Å². The van der Waals surface area contributed by atoms with Gasteiger partial charge in [-0.3, -0.25) is 0 Å². The van der Waals surface area contributed by atoms with E-state index in [1.54, 1.807) is 0 Å². The van der Waals surface area contributed by atoms with Gasteiger partial charge in [0.15, 0.2) is 0 Å². The van der Waals surface area contributed by atoms with Gasteiger partial charge in [0.25, 0.3) is 0 Å². The van der Waals surface area contributed by atoms with Crippen LogP contribution in [0.2, 0.25) is 0 Å². The Hall–Kier alpha value is -1.04. The molecule has 0 saturated heterocycles. The van der Waals surface area contributed by atoms with Crippen molar-refractivity contribution in [2.75, 3.05) is 0 Å². The van der Waals surface area contributed by atoms with Crippen LogP contribution in [0.15, 0.2) is 23.8 Å². The lowest BCUT2D eigenvalue weighted by molar-refractivity contribution is 1.19. The summed E-state index contributed by atoms with van der Waals surface area (Å²) in [5.74, 6) is 0. The highest BCUT2D eigenvalue weighted by atomic mass is 14.1. The molecule has 0 spiro atoms. The molecule has 0 N–H and O–H groups in total. The molecule has 49 valence electrons. The van der Waals surface area contributed by atoms with E-state index in [-0.39, 0.29) is 0 Å². The molecule has 0 fully saturated rings. The van der Waals surface area contributed by atoms with Crippen LogP contribution in [0.5, 0.6) is 0 Å². The zero-order chi connectivity index (χ0) is 6.97. The lowest BCUT2D eigenvalue weighted by Crippen LogP contribution is -1.79. The second kappa shape index (κ2) is 1.98. The predicted molar refractivity (Wildman–Crippen MR) is 42.6 cm³/mol. The van der Waals surface area contributed by atoms with Gasteiger partial charge in [-0.25, -0.2) is 0 Å². The average Bonchev–Trinajstić information content (AvgIpc) is 2.27. The number of allylic oxidation sites excluding steroid dienone is 1. The summed E-state index contributed by atoms with van der Waals surface area (Å²) in [6, 6.07) is 9.38. The molecule has 1 radical (unpaired) electrons. The molecule has 0 unspecified atom stereocenters. The van der Waals surface area contributed by atoms with Crippen molar-refractivity contribution in [3.8, 4) is 0 Å². The topological polar surface area (TPSA) is 0 Å². The van der Waals surface area contributed by atoms with Gasteiger partial charge in [-0.05, 0) is 30.5 Å². The van der Waals surface area contributed by atoms with Gasteiger partial charge in [0, 0.05) is 0 Å². The number of rotatable bonds is 0. The third-order valence-corrected chi connectivity index (χ3v) is 1.84.